The Balaban J connectivity index is 1.68. The summed E-state index contributed by atoms with van der Waals surface area (Å²) in [6.07, 6.45) is 3.77. The third-order valence-corrected chi connectivity index (χ3v) is 5.32. The number of rotatable bonds is 7. The van der Waals surface area contributed by atoms with Crippen LogP contribution in [0.1, 0.15) is 48.8 Å². The van der Waals surface area contributed by atoms with Gasteiger partial charge in [-0.05, 0) is 51.4 Å². The summed E-state index contributed by atoms with van der Waals surface area (Å²) >= 11 is 0. The van der Waals surface area contributed by atoms with Crippen molar-refractivity contribution in [1.82, 2.24) is 24.8 Å². The monoisotopic (exact) mass is 387 g/mol. The number of benzene rings is 1. The Morgan fingerprint density at radius 2 is 2.14 bits per heavy atom. The van der Waals surface area contributed by atoms with Crippen LogP contribution in [0.25, 0.3) is 0 Å². The number of likely N-dealkylation sites (tertiary alicyclic amines) is 1. The van der Waals surface area contributed by atoms with E-state index in [-0.39, 0.29) is 17.7 Å². The van der Waals surface area contributed by atoms with Gasteiger partial charge in [0, 0.05) is 31.7 Å². The van der Waals surface area contributed by atoms with E-state index in [1.807, 2.05) is 24.6 Å². The number of aromatic nitrogens is 3. The Labute approximate surface area is 165 Å². The normalized spacial score (nSPS) is 17.5. The van der Waals surface area contributed by atoms with E-state index in [9.17, 15) is 9.90 Å². The summed E-state index contributed by atoms with van der Waals surface area (Å²) < 4.78 is 7.08. The summed E-state index contributed by atoms with van der Waals surface area (Å²) in [4.78, 5) is 16.5. The maximum atomic E-state index is 12.5. The number of amides is 1. The molecule has 1 amide bonds. The maximum absolute atomic E-state index is 12.5. The quantitative estimate of drug-likeness (QED) is 0.785. The number of nitrogens with zero attached hydrogens (tertiary/aromatic N) is 5. The lowest BCUT2D eigenvalue weighted by atomic mass is 10.0. The van der Waals surface area contributed by atoms with Crippen LogP contribution in [0.5, 0.6) is 11.5 Å². The summed E-state index contributed by atoms with van der Waals surface area (Å²) in [5.41, 5.74) is 1.24. The predicted octanol–water partition coefficient (Wildman–Crippen LogP) is 2.31. The Morgan fingerprint density at radius 3 is 2.86 bits per heavy atom. The van der Waals surface area contributed by atoms with Gasteiger partial charge in [0.1, 0.15) is 11.5 Å². The molecule has 0 bridgehead atoms. The molecule has 0 aliphatic carbocycles. The van der Waals surface area contributed by atoms with Crippen molar-refractivity contribution in [2.45, 2.75) is 39.3 Å². The van der Waals surface area contributed by atoms with Crippen LogP contribution >= 0.6 is 0 Å². The van der Waals surface area contributed by atoms with E-state index < -0.39 is 0 Å². The van der Waals surface area contributed by atoms with Crippen molar-refractivity contribution < 1.29 is 14.6 Å². The molecule has 1 aromatic heterocycles. The zero-order valence-electron chi connectivity index (χ0n) is 16.8. The summed E-state index contributed by atoms with van der Waals surface area (Å²) in [6, 6.07) is 5.45. The van der Waals surface area contributed by atoms with Crippen molar-refractivity contribution >= 4 is 5.91 Å². The van der Waals surface area contributed by atoms with E-state index in [0.29, 0.717) is 25.3 Å². The van der Waals surface area contributed by atoms with Gasteiger partial charge in [-0.25, -0.2) is 4.68 Å². The number of phenolic OH excluding ortho intramolecular Hbond substituents is 1. The highest BCUT2D eigenvalue weighted by atomic mass is 16.5. The van der Waals surface area contributed by atoms with Gasteiger partial charge in [0.25, 0.3) is 5.91 Å². The van der Waals surface area contributed by atoms with Crippen molar-refractivity contribution in [2.24, 2.45) is 0 Å². The molecule has 8 heteroatoms. The SMILES string of the molecule is CCN(CC)C(=O)c1cn([C@@H]2CCCN(Cc3cc(OC)ccc3O)C2)nn1. The first-order valence-electron chi connectivity index (χ1n) is 9.85. The van der Waals surface area contributed by atoms with E-state index in [2.05, 4.69) is 15.2 Å². The number of phenols is 1. The minimum Gasteiger partial charge on any atom is -0.508 e. The van der Waals surface area contributed by atoms with Gasteiger partial charge in [0.15, 0.2) is 5.69 Å². The molecule has 152 valence electrons. The van der Waals surface area contributed by atoms with Crippen LogP contribution in [0.4, 0.5) is 0 Å². The first kappa shape index (κ1) is 20.1. The second-order valence-electron chi connectivity index (χ2n) is 7.09. The van der Waals surface area contributed by atoms with Gasteiger partial charge in [-0.2, -0.15) is 0 Å². The lowest BCUT2D eigenvalue weighted by molar-refractivity contribution is 0.0767. The molecule has 0 radical (unpaired) electrons. The summed E-state index contributed by atoms with van der Waals surface area (Å²) in [5.74, 6) is 0.929. The molecule has 0 unspecified atom stereocenters. The molecule has 1 atom stereocenters. The van der Waals surface area contributed by atoms with Gasteiger partial charge in [0.05, 0.1) is 19.3 Å². The average Bonchev–Trinajstić information content (AvgIpc) is 3.21. The zero-order valence-corrected chi connectivity index (χ0v) is 16.8. The molecule has 1 fully saturated rings. The molecule has 1 saturated heterocycles. The van der Waals surface area contributed by atoms with Crippen LogP contribution < -0.4 is 4.74 Å². The standard InChI is InChI=1S/C20H29N5O3/c1-4-24(5-2)20(27)18-14-25(22-21-18)16-7-6-10-23(13-16)12-15-11-17(28-3)8-9-19(15)26/h8-9,11,14,16,26H,4-7,10,12-13H2,1-3H3/t16-/m1/s1. The van der Waals surface area contributed by atoms with Crippen molar-refractivity contribution in [3.8, 4) is 11.5 Å². The summed E-state index contributed by atoms with van der Waals surface area (Å²) in [6.45, 7) is 7.61. The van der Waals surface area contributed by atoms with Crippen LogP contribution in [-0.4, -0.2) is 69.1 Å². The fourth-order valence-corrected chi connectivity index (χ4v) is 3.67. The molecular weight excluding hydrogens is 358 g/mol. The zero-order chi connectivity index (χ0) is 20.1. The number of hydrogen-bond donors (Lipinski definition) is 1. The van der Waals surface area contributed by atoms with E-state index in [0.717, 1.165) is 37.2 Å². The number of piperidine rings is 1. The minimum atomic E-state index is -0.0785. The predicted molar refractivity (Wildman–Crippen MR) is 105 cm³/mol. The third-order valence-electron chi connectivity index (χ3n) is 5.32. The molecule has 2 heterocycles. The number of methoxy groups -OCH3 is 1. The van der Waals surface area contributed by atoms with Crippen molar-refractivity contribution in [2.75, 3.05) is 33.3 Å². The molecule has 1 aromatic carbocycles. The second kappa shape index (κ2) is 9.05. The fraction of sp³-hybridized carbons (Fsp3) is 0.550. The Kier molecular flexibility index (Phi) is 6.51. The summed E-state index contributed by atoms with van der Waals surface area (Å²) in [7, 11) is 1.62. The molecular formula is C20H29N5O3. The lowest BCUT2D eigenvalue weighted by Gasteiger charge is -2.32. The Bertz CT molecular complexity index is 803. The molecule has 3 rings (SSSR count). The second-order valence-corrected chi connectivity index (χ2v) is 7.09. The van der Waals surface area contributed by atoms with Gasteiger partial charge in [0.2, 0.25) is 0 Å². The van der Waals surface area contributed by atoms with E-state index in [4.69, 9.17) is 4.74 Å². The minimum absolute atomic E-state index is 0.0785. The van der Waals surface area contributed by atoms with Crippen LogP contribution in [-0.2, 0) is 6.54 Å². The van der Waals surface area contributed by atoms with Crippen LogP contribution in [0.2, 0.25) is 0 Å². The van der Waals surface area contributed by atoms with Crippen LogP contribution in [0.15, 0.2) is 24.4 Å². The van der Waals surface area contributed by atoms with Gasteiger partial charge in [-0.3, -0.25) is 9.69 Å². The number of ether oxygens (including phenoxy) is 1. The van der Waals surface area contributed by atoms with Crippen molar-refractivity contribution in [3.05, 3.63) is 35.7 Å². The molecule has 8 nitrogen and oxygen atoms in total. The van der Waals surface area contributed by atoms with Gasteiger partial charge >= 0.3 is 0 Å². The summed E-state index contributed by atoms with van der Waals surface area (Å²) in [5, 5.41) is 18.5. The van der Waals surface area contributed by atoms with Gasteiger partial charge in [-0.1, -0.05) is 5.21 Å². The smallest absolute Gasteiger partial charge is 0.276 e. The van der Waals surface area contributed by atoms with Crippen LogP contribution in [0.3, 0.4) is 0 Å². The lowest BCUT2D eigenvalue weighted by Crippen LogP contribution is -2.36. The van der Waals surface area contributed by atoms with E-state index >= 15 is 0 Å². The van der Waals surface area contributed by atoms with Gasteiger partial charge < -0.3 is 14.7 Å². The highest BCUT2D eigenvalue weighted by Gasteiger charge is 2.25. The average molecular weight is 387 g/mol. The van der Waals surface area contributed by atoms with E-state index in [1.54, 1.807) is 30.3 Å². The first-order valence-corrected chi connectivity index (χ1v) is 9.85. The topological polar surface area (TPSA) is 83.7 Å². The van der Waals surface area contributed by atoms with Crippen molar-refractivity contribution in [3.63, 3.8) is 0 Å². The van der Waals surface area contributed by atoms with Crippen molar-refractivity contribution in [1.29, 1.82) is 0 Å². The molecule has 1 N–H and O–H groups in total. The number of hydrogen-bond acceptors (Lipinski definition) is 6. The Morgan fingerprint density at radius 1 is 1.36 bits per heavy atom. The Hall–Kier alpha value is -2.61. The number of carbonyl (C=O) groups excluding carboxylic acids is 1. The molecule has 0 saturated carbocycles. The highest BCUT2D eigenvalue weighted by molar-refractivity contribution is 5.91. The number of carbonyl (C=O) groups is 1. The largest absolute Gasteiger partial charge is 0.508 e. The number of aromatic hydroxyl groups is 1. The molecule has 2 aromatic rings. The molecule has 1 aliphatic rings. The molecule has 28 heavy (non-hydrogen) atoms. The van der Waals surface area contributed by atoms with Crippen LogP contribution in [0, 0.1) is 0 Å². The maximum Gasteiger partial charge on any atom is 0.276 e. The highest BCUT2D eigenvalue weighted by Crippen LogP contribution is 2.27. The van der Waals surface area contributed by atoms with E-state index in [1.165, 1.54) is 0 Å². The molecule has 1 aliphatic heterocycles. The third kappa shape index (κ3) is 4.44. The fourth-order valence-electron chi connectivity index (χ4n) is 3.67. The first-order chi connectivity index (χ1) is 13.5. The van der Waals surface area contributed by atoms with Gasteiger partial charge in [-0.15, -0.1) is 5.10 Å². The molecule has 0 spiro atoms.